The molecular weight excluding hydrogens is 282 g/mol. The van der Waals surface area contributed by atoms with Crippen LogP contribution in [0.1, 0.15) is 19.3 Å². The largest absolute Gasteiger partial charge is 0.378 e. The van der Waals surface area contributed by atoms with Gasteiger partial charge in [0.2, 0.25) is 0 Å². The van der Waals surface area contributed by atoms with Crippen molar-refractivity contribution in [2.45, 2.75) is 24.9 Å². The molecule has 2 aliphatic heterocycles. The van der Waals surface area contributed by atoms with Crippen molar-refractivity contribution in [2.24, 2.45) is 11.7 Å². The van der Waals surface area contributed by atoms with Crippen molar-refractivity contribution in [3.63, 3.8) is 0 Å². The predicted octanol–water partition coefficient (Wildman–Crippen LogP) is -0.703. The lowest BCUT2D eigenvalue weighted by Crippen LogP contribution is -2.52. The summed E-state index contributed by atoms with van der Waals surface area (Å²) in [4.78, 5) is 0. The number of piperidine rings is 1. The Morgan fingerprint density at radius 1 is 1.55 bits per heavy atom. The lowest BCUT2D eigenvalue weighted by atomic mass is 10.0. The number of hydrogen-bond acceptors (Lipinski definition) is 5. The molecule has 2 saturated heterocycles. The van der Waals surface area contributed by atoms with Gasteiger partial charge < -0.3 is 15.2 Å². The smallest absolute Gasteiger partial charge is 0.279 e. The Morgan fingerprint density at radius 2 is 2.35 bits per heavy atom. The van der Waals surface area contributed by atoms with Crippen molar-refractivity contribution in [2.75, 3.05) is 46.5 Å². The van der Waals surface area contributed by atoms with Crippen LogP contribution in [0.15, 0.2) is 0 Å². The van der Waals surface area contributed by atoms with Crippen molar-refractivity contribution >= 4 is 10.2 Å². The maximum atomic E-state index is 12.3. The molecule has 8 heteroatoms. The van der Waals surface area contributed by atoms with Gasteiger partial charge in [0.05, 0.1) is 6.61 Å². The van der Waals surface area contributed by atoms with E-state index in [0.29, 0.717) is 39.3 Å². The van der Waals surface area contributed by atoms with Crippen molar-refractivity contribution in [1.29, 1.82) is 0 Å². The summed E-state index contributed by atoms with van der Waals surface area (Å²) in [5.41, 5.74) is 5.11. The third-order valence-corrected chi connectivity index (χ3v) is 5.75. The Bertz CT molecular complexity index is 409. The first-order valence-corrected chi connectivity index (χ1v) is 8.53. The predicted molar refractivity (Wildman–Crippen MR) is 75.4 cm³/mol. The molecule has 2 rings (SSSR count). The maximum Gasteiger partial charge on any atom is 0.279 e. The molecule has 118 valence electrons. The van der Waals surface area contributed by atoms with Crippen molar-refractivity contribution < 1.29 is 17.9 Å². The van der Waals surface area contributed by atoms with Gasteiger partial charge >= 0.3 is 0 Å². The first kappa shape index (κ1) is 16.1. The highest BCUT2D eigenvalue weighted by Gasteiger charge is 2.37. The van der Waals surface area contributed by atoms with Crippen LogP contribution in [-0.2, 0) is 19.7 Å². The number of ether oxygens (including phenoxy) is 2. The Labute approximate surface area is 121 Å². The van der Waals surface area contributed by atoms with Gasteiger partial charge in [0.25, 0.3) is 10.2 Å². The van der Waals surface area contributed by atoms with Gasteiger partial charge in [-0.25, -0.2) is 0 Å². The summed E-state index contributed by atoms with van der Waals surface area (Å²) in [6.07, 6.45) is 2.57. The first-order chi connectivity index (χ1) is 9.51. The van der Waals surface area contributed by atoms with Crippen LogP contribution in [0.4, 0.5) is 0 Å². The summed E-state index contributed by atoms with van der Waals surface area (Å²) in [7, 11) is -1.88. The SMILES string of the molecule is COC1(CNS(=O)(=O)N2CCCC(CN)C2)CCOC1. The fraction of sp³-hybridized carbons (Fsp3) is 1.00. The van der Waals surface area contributed by atoms with Crippen molar-refractivity contribution in [3.8, 4) is 0 Å². The van der Waals surface area contributed by atoms with E-state index in [1.165, 1.54) is 4.31 Å². The molecule has 0 spiro atoms. The minimum atomic E-state index is -3.47. The van der Waals surface area contributed by atoms with Crippen LogP contribution in [-0.4, -0.2) is 64.8 Å². The van der Waals surface area contributed by atoms with Crippen molar-refractivity contribution in [3.05, 3.63) is 0 Å². The minimum absolute atomic E-state index is 0.246. The Hall–Kier alpha value is -0.250. The molecule has 0 aromatic carbocycles. The van der Waals surface area contributed by atoms with Crippen LogP contribution < -0.4 is 10.5 Å². The van der Waals surface area contributed by atoms with Crippen LogP contribution in [0, 0.1) is 5.92 Å². The van der Waals surface area contributed by atoms with Gasteiger partial charge in [-0.2, -0.15) is 17.4 Å². The second kappa shape index (κ2) is 6.67. The summed E-state index contributed by atoms with van der Waals surface area (Å²) in [6, 6.07) is 0. The highest BCUT2D eigenvalue weighted by molar-refractivity contribution is 7.87. The number of nitrogens with zero attached hydrogens (tertiary/aromatic N) is 1. The minimum Gasteiger partial charge on any atom is -0.378 e. The zero-order chi connectivity index (χ0) is 14.6. The maximum absolute atomic E-state index is 12.3. The fourth-order valence-corrected chi connectivity index (χ4v) is 4.12. The number of nitrogens with two attached hydrogens (primary N) is 1. The van der Waals surface area contributed by atoms with E-state index in [4.69, 9.17) is 15.2 Å². The van der Waals surface area contributed by atoms with Gasteiger partial charge in [-0.3, -0.25) is 0 Å². The van der Waals surface area contributed by atoms with E-state index < -0.39 is 15.8 Å². The van der Waals surface area contributed by atoms with E-state index in [1.807, 2.05) is 0 Å². The van der Waals surface area contributed by atoms with E-state index in [-0.39, 0.29) is 12.5 Å². The van der Waals surface area contributed by atoms with Gasteiger partial charge in [-0.15, -0.1) is 0 Å². The van der Waals surface area contributed by atoms with Crippen LogP contribution in [0.3, 0.4) is 0 Å². The van der Waals surface area contributed by atoms with Crippen LogP contribution >= 0.6 is 0 Å². The zero-order valence-corrected chi connectivity index (χ0v) is 12.8. The second-order valence-corrected chi connectivity index (χ2v) is 7.37. The molecule has 2 unspecified atom stereocenters. The molecular formula is C12H25N3O4S. The van der Waals surface area contributed by atoms with Crippen molar-refractivity contribution in [1.82, 2.24) is 9.03 Å². The summed E-state index contributed by atoms with van der Waals surface area (Å²) in [5.74, 6) is 0.256. The van der Waals surface area contributed by atoms with E-state index in [0.717, 1.165) is 12.8 Å². The normalized spacial score (nSPS) is 32.6. The molecule has 0 aliphatic carbocycles. The number of nitrogens with one attached hydrogen (secondary N) is 1. The summed E-state index contributed by atoms with van der Waals surface area (Å²) in [6.45, 7) is 2.87. The molecule has 2 aliphatic rings. The number of methoxy groups -OCH3 is 1. The summed E-state index contributed by atoms with van der Waals surface area (Å²) in [5, 5.41) is 0. The quantitative estimate of drug-likeness (QED) is 0.676. The molecule has 2 atom stereocenters. The van der Waals surface area contributed by atoms with E-state index in [9.17, 15) is 8.42 Å². The highest BCUT2D eigenvalue weighted by Crippen LogP contribution is 2.23. The first-order valence-electron chi connectivity index (χ1n) is 7.09. The number of rotatable bonds is 6. The van der Waals surface area contributed by atoms with Crippen LogP contribution in [0.25, 0.3) is 0 Å². The second-order valence-electron chi connectivity index (χ2n) is 5.62. The standard InChI is InChI=1S/C12H25N3O4S/c1-18-12(4-6-19-10-12)9-14-20(16,17)15-5-2-3-11(7-13)8-15/h11,14H,2-10,13H2,1H3. The fourth-order valence-electron chi connectivity index (χ4n) is 2.71. The van der Waals surface area contributed by atoms with E-state index >= 15 is 0 Å². The Kier molecular flexibility index (Phi) is 5.38. The number of hydrogen-bond donors (Lipinski definition) is 2. The Morgan fingerprint density at radius 3 is 2.95 bits per heavy atom. The molecule has 0 aromatic rings. The molecule has 3 N–H and O–H groups in total. The summed E-state index contributed by atoms with van der Waals surface area (Å²) >= 11 is 0. The lowest BCUT2D eigenvalue weighted by Gasteiger charge is -2.33. The van der Waals surface area contributed by atoms with Gasteiger partial charge in [0.1, 0.15) is 5.60 Å². The molecule has 2 heterocycles. The van der Waals surface area contributed by atoms with Crippen LogP contribution in [0.2, 0.25) is 0 Å². The molecule has 0 radical (unpaired) electrons. The molecule has 0 saturated carbocycles. The Balaban J connectivity index is 1.93. The lowest BCUT2D eigenvalue weighted by molar-refractivity contribution is -0.0123. The third-order valence-electron chi connectivity index (χ3n) is 4.23. The van der Waals surface area contributed by atoms with E-state index in [2.05, 4.69) is 4.72 Å². The summed E-state index contributed by atoms with van der Waals surface area (Å²) < 4.78 is 39.6. The highest BCUT2D eigenvalue weighted by atomic mass is 32.2. The molecule has 0 bridgehead atoms. The van der Waals surface area contributed by atoms with Gasteiger partial charge in [-0.05, 0) is 25.3 Å². The monoisotopic (exact) mass is 307 g/mol. The molecule has 0 amide bonds. The third kappa shape index (κ3) is 3.69. The van der Waals surface area contributed by atoms with E-state index in [1.54, 1.807) is 7.11 Å². The topological polar surface area (TPSA) is 93.9 Å². The molecule has 0 aromatic heterocycles. The molecule has 7 nitrogen and oxygen atoms in total. The van der Waals surface area contributed by atoms with Gasteiger partial charge in [0.15, 0.2) is 0 Å². The average Bonchev–Trinajstić information content (AvgIpc) is 2.95. The molecule has 20 heavy (non-hydrogen) atoms. The zero-order valence-electron chi connectivity index (χ0n) is 12.0. The average molecular weight is 307 g/mol. The van der Waals surface area contributed by atoms with Gasteiger partial charge in [0, 0.05) is 39.8 Å². The van der Waals surface area contributed by atoms with Gasteiger partial charge in [-0.1, -0.05) is 0 Å². The van der Waals surface area contributed by atoms with Crippen LogP contribution in [0.5, 0.6) is 0 Å². The molecule has 2 fully saturated rings.